The van der Waals surface area contributed by atoms with E-state index in [9.17, 15) is 0 Å². The quantitative estimate of drug-likeness (QED) is 0.328. The van der Waals surface area contributed by atoms with E-state index in [4.69, 9.17) is 4.74 Å². The maximum absolute atomic E-state index is 5.78. The molecule has 1 aromatic carbocycles. The van der Waals surface area contributed by atoms with E-state index in [1.807, 2.05) is 30.3 Å². The number of thiophene rings is 1. The summed E-state index contributed by atoms with van der Waals surface area (Å²) in [6.07, 6.45) is 2.78. The molecule has 0 fully saturated rings. The molecule has 4 aromatic rings. The Balaban J connectivity index is 1.20. The molecule has 148 valence electrons. The largest absolute Gasteiger partial charge is 0.487 e. The molecule has 3 heterocycles. The Morgan fingerprint density at radius 1 is 1.00 bits per heavy atom. The number of rotatable bonds is 10. The van der Waals surface area contributed by atoms with E-state index in [0.717, 1.165) is 39.6 Å². The molecule has 0 bridgehead atoms. The van der Waals surface area contributed by atoms with Gasteiger partial charge in [0.15, 0.2) is 4.34 Å². The van der Waals surface area contributed by atoms with E-state index in [1.54, 1.807) is 40.6 Å². The number of nitrogens with one attached hydrogen (secondary N) is 1. The molecule has 0 aliphatic carbocycles. The van der Waals surface area contributed by atoms with Crippen LogP contribution in [-0.4, -0.2) is 21.7 Å². The first-order chi connectivity index (χ1) is 14.3. The zero-order chi connectivity index (χ0) is 19.7. The molecule has 0 saturated heterocycles. The summed E-state index contributed by atoms with van der Waals surface area (Å²) in [6, 6.07) is 18.2. The highest BCUT2D eigenvalue weighted by Gasteiger charge is 2.06. The fourth-order valence-corrected chi connectivity index (χ4v) is 5.00. The van der Waals surface area contributed by atoms with Crippen LogP contribution in [0.15, 0.2) is 70.5 Å². The van der Waals surface area contributed by atoms with Gasteiger partial charge < -0.3 is 10.1 Å². The number of pyridine rings is 1. The predicted molar refractivity (Wildman–Crippen MR) is 121 cm³/mol. The molecule has 3 aromatic heterocycles. The Hall–Kier alpha value is -2.42. The number of anilines is 1. The lowest BCUT2D eigenvalue weighted by molar-refractivity contribution is 0.301. The van der Waals surface area contributed by atoms with Gasteiger partial charge in [-0.25, -0.2) is 0 Å². The van der Waals surface area contributed by atoms with Crippen molar-refractivity contribution < 1.29 is 4.74 Å². The predicted octanol–water partition coefficient (Wildman–Crippen LogP) is 5.52. The van der Waals surface area contributed by atoms with E-state index < -0.39 is 0 Å². The van der Waals surface area contributed by atoms with Crippen LogP contribution in [0.1, 0.15) is 16.1 Å². The fraction of sp³-hybridized carbons (Fsp3) is 0.190. The zero-order valence-corrected chi connectivity index (χ0v) is 18.1. The van der Waals surface area contributed by atoms with E-state index in [0.29, 0.717) is 6.61 Å². The molecule has 0 aliphatic rings. The summed E-state index contributed by atoms with van der Waals surface area (Å²) in [5.74, 6) is 1.70. The number of aromatic nitrogens is 3. The van der Waals surface area contributed by atoms with Crippen molar-refractivity contribution in [1.82, 2.24) is 15.2 Å². The van der Waals surface area contributed by atoms with Crippen molar-refractivity contribution in [3.05, 3.63) is 82.3 Å². The lowest BCUT2D eigenvalue weighted by Gasteiger charge is -2.06. The molecule has 0 amide bonds. The highest BCUT2D eigenvalue weighted by Crippen LogP contribution is 2.29. The molecule has 0 atom stereocenters. The Bertz CT molecular complexity index is 988. The van der Waals surface area contributed by atoms with E-state index >= 15 is 0 Å². The summed E-state index contributed by atoms with van der Waals surface area (Å²) < 4.78 is 6.75. The average molecular weight is 441 g/mol. The number of hydrogen-bond acceptors (Lipinski definition) is 8. The topological polar surface area (TPSA) is 59.9 Å². The Kier molecular flexibility index (Phi) is 7.12. The molecule has 4 rings (SSSR count). The minimum Gasteiger partial charge on any atom is -0.487 e. The van der Waals surface area contributed by atoms with E-state index in [1.165, 1.54) is 10.4 Å². The highest BCUT2D eigenvalue weighted by atomic mass is 32.2. The molecular formula is C21H20N4OS3. The van der Waals surface area contributed by atoms with Crippen molar-refractivity contribution in [2.45, 2.75) is 23.1 Å². The fourth-order valence-electron chi connectivity index (χ4n) is 2.55. The van der Waals surface area contributed by atoms with Gasteiger partial charge in [-0.15, -0.1) is 21.5 Å². The van der Waals surface area contributed by atoms with Crippen LogP contribution >= 0.6 is 34.4 Å². The summed E-state index contributed by atoms with van der Waals surface area (Å²) in [6.45, 7) is 1.35. The van der Waals surface area contributed by atoms with Gasteiger partial charge in [0.05, 0.1) is 5.69 Å². The third kappa shape index (κ3) is 6.28. The van der Waals surface area contributed by atoms with Crippen LogP contribution in [0.3, 0.4) is 0 Å². The van der Waals surface area contributed by atoms with Gasteiger partial charge in [-0.3, -0.25) is 4.98 Å². The smallest absolute Gasteiger partial charge is 0.206 e. The second-order valence-corrected chi connectivity index (χ2v) is 9.40. The average Bonchev–Trinajstić information content (AvgIpc) is 3.45. The van der Waals surface area contributed by atoms with Crippen LogP contribution in [-0.2, 0) is 18.8 Å². The molecule has 0 saturated carbocycles. The van der Waals surface area contributed by atoms with Crippen LogP contribution in [0.2, 0.25) is 0 Å². The SMILES string of the molecule is c1ccc(COc2ccc(CSc3nnc(NCCc4cccs4)s3)cc2)nc1. The van der Waals surface area contributed by atoms with Crippen LogP contribution in [0, 0.1) is 0 Å². The van der Waals surface area contributed by atoms with Gasteiger partial charge in [0, 0.05) is 23.4 Å². The van der Waals surface area contributed by atoms with Crippen LogP contribution < -0.4 is 10.1 Å². The monoisotopic (exact) mass is 440 g/mol. The van der Waals surface area contributed by atoms with E-state index in [-0.39, 0.29) is 0 Å². The molecule has 0 aliphatic heterocycles. The van der Waals surface area contributed by atoms with Gasteiger partial charge in [0.1, 0.15) is 12.4 Å². The van der Waals surface area contributed by atoms with Crippen LogP contribution in [0.5, 0.6) is 5.75 Å². The second-order valence-electron chi connectivity index (χ2n) is 6.17. The molecule has 29 heavy (non-hydrogen) atoms. The van der Waals surface area contributed by atoms with Crippen LogP contribution in [0.4, 0.5) is 5.13 Å². The molecule has 0 unspecified atom stereocenters. The Morgan fingerprint density at radius 3 is 2.72 bits per heavy atom. The number of thioether (sulfide) groups is 1. The maximum Gasteiger partial charge on any atom is 0.206 e. The lowest BCUT2D eigenvalue weighted by Crippen LogP contribution is -2.03. The molecular weight excluding hydrogens is 420 g/mol. The first-order valence-electron chi connectivity index (χ1n) is 9.19. The van der Waals surface area contributed by atoms with Crippen molar-refractivity contribution in [3.63, 3.8) is 0 Å². The summed E-state index contributed by atoms with van der Waals surface area (Å²) in [4.78, 5) is 5.64. The van der Waals surface area contributed by atoms with Gasteiger partial charge in [-0.1, -0.05) is 47.4 Å². The summed E-state index contributed by atoms with van der Waals surface area (Å²) >= 11 is 5.08. The number of hydrogen-bond donors (Lipinski definition) is 1. The third-order valence-corrected chi connectivity index (χ3v) is 7.05. The van der Waals surface area contributed by atoms with Crippen LogP contribution in [0.25, 0.3) is 0 Å². The second kappa shape index (κ2) is 10.4. The van der Waals surface area contributed by atoms with Crippen molar-refractivity contribution in [3.8, 4) is 5.75 Å². The first-order valence-corrected chi connectivity index (χ1v) is 11.9. The van der Waals surface area contributed by atoms with E-state index in [2.05, 4.69) is 50.1 Å². The van der Waals surface area contributed by atoms with Crippen molar-refractivity contribution in [2.24, 2.45) is 0 Å². The first kappa shape index (κ1) is 19.9. The standard InChI is InChI=1S/C21H20N4OS3/c1-2-11-22-17(4-1)14-26-18-8-6-16(7-9-18)15-28-21-25-24-20(29-21)23-12-10-19-5-3-13-27-19/h1-9,11,13H,10,12,14-15H2,(H,23,24). The van der Waals surface area contributed by atoms with Gasteiger partial charge in [-0.2, -0.15) is 0 Å². The Morgan fingerprint density at radius 2 is 1.93 bits per heavy atom. The third-order valence-electron chi connectivity index (χ3n) is 4.03. The van der Waals surface area contributed by atoms with Crippen molar-refractivity contribution in [1.29, 1.82) is 0 Å². The Labute approximate surface area is 182 Å². The maximum atomic E-state index is 5.78. The zero-order valence-electron chi connectivity index (χ0n) is 15.7. The molecule has 8 heteroatoms. The number of benzene rings is 1. The van der Waals surface area contributed by atoms with Gasteiger partial charge in [0.25, 0.3) is 0 Å². The molecule has 0 spiro atoms. The van der Waals surface area contributed by atoms with Gasteiger partial charge in [-0.05, 0) is 47.7 Å². The summed E-state index contributed by atoms with van der Waals surface area (Å²) in [5.41, 5.74) is 2.14. The summed E-state index contributed by atoms with van der Waals surface area (Å²) in [5, 5.41) is 14.8. The van der Waals surface area contributed by atoms with Crippen molar-refractivity contribution in [2.75, 3.05) is 11.9 Å². The van der Waals surface area contributed by atoms with Crippen molar-refractivity contribution >= 4 is 39.6 Å². The summed E-state index contributed by atoms with van der Waals surface area (Å²) in [7, 11) is 0. The lowest BCUT2D eigenvalue weighted by atomic mass is 10.2. The molecule has 1 N–H and O–H groups in total. The highest BCUT2D eigenvalue weighted by molar-refractivity contribution is 8.00. The minimum atomic E-state index is 0.474. The molecule has 5 nitrogen and oxygen atoms in total. The minimum absolute atomic E-state index is 0.474. The number of ether oxygens (including phenoxy) is 1. The normalized spacial score (nSPS) is 10.8. The van der Waals surface area contributed by atoms with Gasteiger partial charge in [0.2, 0.25) is 5.13 Å². The van der Waals surface area contributed by atoms with Gasteiger partial charge >= 0.3 is 0 Å². The number of nitrogens with zero attached hydrogens (tertiary/aromatic N) is 3. The molecule has 0 radical (unpaired) electrons.